The largest absolute Gasteiger partial charge is 0.490 e. The predicted octanol–water partition coefficient (Wildman–Crippen LogP) is 3.33. The van der Waals surface area contributed by atoms with Gasteiger partial charge in [-0.15, -0.1) is 0 Å². The summed E-state index contributed by atoms with van der Waals surface area (Å²) in [5.41, 5.74) is 2.03. The standard InChI is InChI=1S/C23H30N4O6/c1-23(2,3)33-22(29)27-9-8-15-13-24-21(26-18(15)14-27)25-16-6-7-19(32-11-10-30-4)17(12-16)20(28)31-5/h6-7,12-13H,8-11,14H2,1-5H3,(H,24,25,26). The number of anilines is 2. The molecule has 1 aromatic carbocycles. The van der Waals surface area contributed by atoms with E-state index in [1.54, 1.807) is 36.4 Å². The van der Waals surface area contributed by atoms with E-state index >= 15 is 0 Å². The van der Waals surface area contributed by atoms with Gasteiger partial charge in [-0.3, -0.25) is 0 Å². The van der Waals surface area contributed by atoms with Crippen LogP contribution in [0.4, 0.5) is 16.4 Å². The van der Waals surface area contributed by atoms with Crippen LogP contribution in [-0.4, -0.2) is 66.5 Å². The van der Waals surface area contributed by atoms with Crippen LogP contribution in [0.5, 0.6) is 5.75 Å². The summed E-state index contributed by atoms with van der Waals surface area (Å²) in [5, 5.41) is 3.11. The average Bonchev–Trinajstić information content (AvgIpc) is 2.78. The number of esters is 1. The number of methoxy groups -OCH3 is 2. The van der Waals surface area contributed by atoms with E-state index < -0.39 is 11.6 Å². The molecular weight excluding hydrogens is 428 g/mol. The van der Waals surface area contributed by atoms with Gasteiger partial charge in [-0.1, -0.05) is 0 Å². The number of ether oxygens (including phenoxy) is 4. The topological polar surface area (TPSA) is 112 Å². The number of rotatable bonds is 7. The highest BCUT2D eigenvalue weighted by Crippen LogP contribution is 2.26. The van der Waals surface area contributed by atoms with Crippen LogP contribution in [0.1, 0.15) is 42.4 Å². The molecule has 1 aliphatic heterocycles. The van der Waals surface area contributed by atoms with Gasteiger partial charge in [0.15, 0.2) is 0 Å². The van der Waals surface area contributed by atoms with Crippen molar-refractivity contribution in [3.63, 3.8) is 0 Å². The van der Waals surface area contributed by atoms with Crippen LogP contribution in [0.15, 0.2) is 24.4 Å². The van der Waals surface area contributed by atoms with Crippen LogP contribution < -0.4 is 10.1 Å². The first-order chi connectivity index (χ1) is 15.7. The number of nitrogens with zero attached hydrogens (tertiary/aromatic N) is 3. The quantitative estimate of drug-likeness (QED) is 0.493. The molecule has 10 heteroatoms. The number of amides is 1. The lowest BCUT2D eigenvalue weighted by molar-refractivity contribution is 0.0220. The van der Waals surface area contributed by atoms with Crippen molar-refractivity contribution in [3.05, 3.63) is 41.2 Å². The van der Waals surface area contributed by atoms with E-state index in [-0.39, 0.29) is 11.7 Å². The Bertz CT molecular complexity index is 1000. The fraction of sp³-hybridized carbons (Fsp3) is 0.478. The van der Waals surface area contributed by atoms with Crippen LogP contribution in [0.2, 0.25) is 0 Å². The minimum Gasteiger partial charge on any atom is -0.490 e. The van der Waals surface area contributed by atoms with E-state index in [2.05, 4.69) is 15.3 Å². The fourth-order valence-corrected chi connectivity index (χ4v) is 3.21. The van der Waals surface area contributed by atoms with Crippen LogP contribution in [-0.2, 0) is 27.2 Å². The summed E-state index contributed by atoms with van der Waals surface area (Å²) < 4.78 is 20.9. The van der Waals surface area contributed by atoms with E-state index in [9.17, 15) is 9.59 Å². The monoisotopic (exact) mass is 458 g/mol. The molecule has 0 fully saturated rings. The van der Waals surface area contributed by atoms with Crippen molar-refractivity contribution in [3.8, 4) is 5.75 Å². The Morgan fingerprint density at radius 1 is 1.18 bits per heavy atom. The Hall–Kier alpha value is -3.40. The number of hydrogen-bond donors (Lipinski definition) is 1. The van der Waals surface area contributed by atoms with Gasteiger partial charge < -0.3 is 29.2 Å². The third-order valence-electron chi connectivity index (χ3n) is 4.78. The van der Waals surface area contributed by atoms with Crippen molar-refractivity contribution in [2.75, 3.05) is 39.3 Å². The van der Waals surface area contributed by atoms with E-state index in [1.807, 2.05) is 20.8 Å². The number of fused-ring (bicyclic) bond motifs is 1. The van der Waals surface area contributed by atoms with Gasteiger partial charge in [0.05, 0.1) is 26.0 Å². The molecule has 0 radical (unpaired) electrons. The summed E-state index contributed by atoms with van der Waals surface area (Å²) in [6, 6.07) is 5.04. The Balaban J connectivity index is 1.76. The Labute approximate surface area is 193 Å². The van der Waals surface area contributed by atoms with Crippen molar-refractivity contribution in [2.24, 2.45) is 0 Å². The van der Waals surface area contributed by atoms with E-state index in [0.29, 0.717) is 50.1 Å². The Morgan fingerprint density at radius 2 is 1.97 bits per heavy atom. The highest BCUT2D eigenvalue weighted by molar-refractivity contribution is 5.93. The molecule has 0 saturated heterocycles. The van der Waals surface area contributed by atoms with Crippen LogP contribution >= 0.6 is 0 Å². The summed E-state index contributed by atoms with van der Waals surface area (Å²) in [7, 11) is 2.88. The zero-order valence-electron chi connectivity index (χ0n) is 19.6. The van der Waals surface area contributed by atoms with Gasteiger partial charge in [-0.05, 0) is 51.0 Å². The highest BCUT2D eigenvalue weighted by Gasteiger charge is 2.27. The first-order valence-corrected chi connectivity index (χ1v) is 10.6. The van der Waals surface area contributed by atoms with Gasteiger partial charge in [0, 0.05) is 25.5 Å². The number of aromatic nitrogens is 2. The minimum atomic E-state index is -0.563. The summed E-state index contributed by atoms with van der Waals surface area (Å²) in [5.74, 6) is 0.220. The molecule has 0 bridgehead atoms. The lowest BCUT2D eigenvalue weighted by atomic mass is 10.1. The third-order valence-corrected chi connectivity index (χ3v) is 4.78. The van der Waals surface area contributed by atoms with Crippen LogP contribution in [0, 0.1) is 0 Å². The molecule has 3 rings (SSSR count). The zero-order valence-corrected chi connectivity index (χ0v) is 19.6. The average molecular weight is 459 g/mol. The summed E-state index contributed by atoms with van der Waals surface area (Å²) in [6.45, 7) is 7.09. The lowest BCUT2D eigenvalue weighted by Crippen LogP contribution is -2.40. The second-order valence-corrected chi connectivity index (χ2v) is 8.49. The second-order valence-electron chi connectivity index (χ2n) is 8.49. The van der Waals surface area contributed by atoms with Gasteiger partial charge in [0.25, 0.3) is 0 Å². The smallest absolute Gasteiger partial charge is 0.410 e. The van der Waals surface area contributed by atoms with Crippen LogP contribution in [0.25, 0.3) is 0 Å². The van der Waals surface area contributed by atoms with Gasteiger partial charge >= 0.3 is 12.1 Å². The molecule has 1 aromatic heterocycles. The lowest BCUT2D eigenvalue weighted by Gasteiger charge is -2.30. The number of carbonyl (C=O) groups is 2. The third kappa shape index (κ3) is 6.55. The fourth-order valence-electron chi connectivity index (χ4n) is 3.21. The van der Waals surface area contributed by atoms with Crippen molar-refractivity contribution in [1.82, 2.24) is 14.9 Å². The molecule has 2 aromatic rings. The van der Waals surface area contributed by atoms with Gasteiger partial charge in [-0.25, -0.2) is 19.6 Å². The van der Waals surface area contributed by atoms with E-state index in [4.69, 9.17) is 18.9 Å². The van der Waals surface area contributed by atoms with Crippen molar-refractivity contribution in [1.29, 1.82) is 0 Å². The number of nitrogens with one attached hydrogen (secondary N) is 1. The Morgan fingerprint density at radius 3 is 2.67 bits per heavy atom. The van der Waals surface area contributed by atoms with Gasteiger partial charge in [-0.2, -0.15) is 0 Å². The predicted molar refractivity (Wildman–Crippen MR) is 121 cm³/mol. The molecule has 10 nitrogen and oxygen atoms in total. The molecule has 178 valence electrons. The number of hydrogen-bond acceptors (Lipinski definition) is 9. The molecule has 0 spiro atoms. The molecule has 1 N–H and O–H groups in total. The van der Waals surface area contributed by atoms with Gasteiger partial charge in [0.2, 0.25) is 5.95 Å². The SMILES string of the molecule is COCCOc1ccc(Nc2ncc3c(n2)CN(C(=O)OC(C)(C)C)CC3)cc1C(=O)OC. The van der Waals surface area contributed by atoms with E-state index in [0.717, 1.165) is 11.3 Å². The molecular formula is C23H30N4O6. The van der Waals surface area contributed by atoms with Gasteiger partial charge in [0.1, 0.15) is 23.5 Å². The molecule has 0 atom stereocenters. The van der Waals surface area contributed by atoms with Crippen molar-refractivity contribution >= 4 is 23.7 Å². The maximum absolute atomic E-state index is 12.4. The first kappa shape index (κ1) is 24.2. The molecule has 0 saturated carbocycles. The van der Waals surface area contributed by atoms with E-state index in [1.165, 1.54) is 7.11 Å². The molecule has 1 aliphatic rings. The first-order valence-electron chi connectivity index (χ1n) is 10.6. The maximum atomic E-state index is 12.4. The minimum absolute atomic E-state index is 0.271. The second kappa shape index (κ2) is 10.5. The van der Waals surface area contributed by atoms with Crippen LogP contribution in [0.3, 0.4) is 0 Å². The molecule has 1 amide bonds. The number of benzene rings is 1. The summed E-state index contributed by atoms with van der Waals surface area (Å²) in [4.78, 5) is 35.2. The molecule has 0 unspecified atom stereocenters. The molecule has 33 heavy (non-hydrogen) atoms. The number of carbonyl (C=O) groups excluding carboxylic acids is 2. The van der Waals surface area contributed by atoms with Crippen molar-refractivity contribution in [2.45, 2.75) is 39.3 Å². The highest BCUT2D eigenvalue weighted by atomic mass is 16.6. The zero-order chi connectivity index (χ0) is 24.0. The van der Waals surface area contributed by atoms with Crippen molar-refractivity contribution < 1.29 is 28.5 Å². The normalized spacial score (nSPS) is 13.2. The molecule has 2 heterocycles. The maximum Gasteiger partial charge on any atom is 0.410 e. The molecule has 0 aliphatic carbocycles. The Kier molecular flexibility index (Phi) is 7.70. The summed E-state index contributed by atoms with van der Waals surface area (Å²) >= 11 is 0. The summed E-state index contributed by atoms with van der Waals surface area (Å²) in [6.07, 6.45) is 2.03.